The predicted molar refractivity (Wildman–Crippen MR) is 45.9 cm³/mol. The van der Waals surface area contributed by atoms with Crippen LogP contribution in [0.2, 0.25) is 0 Å². The first-order chi connectivity index (χ1) is 7.06. The van der Waals surface area contributed by atoms with Crippen molar-refractivity contribution >= 4 is 11.8 Å². The Hall–Kier alpha value is -1.82. The standard InChI is InChI=1S/C9H6F2N2O2/c1-12-13-8(14)4-2-6(10)7(11)3-5(4)9(13)15/h2-3,12H,1H3. The van der Waals surface area contributed by atoms with Crippen molar-refractivity contribution in [3.05, 3.63) is 34.9 Å². The third-order valence-corrected chi connectivity index (χ3v) is 2.15. The Morgan fingerprint density at radius 2 is 1.47 bits per heavy atom. The van der Waals surface area contributed by atoms with Gasteiger partial charge < -0.3 is 0 Å². The summed E-state index contributed by atoms with van der Waals surface area (Å²) >= 11 is 0. The minimum atomic E-state index is -1.15. The molecule has 1 N–H and O–H groups in total. The molecule has 0 aliphatic carbocycles. The normalized spacial score (nSPS) is 14.7. The van der Waals surface area contributed by atoms with Crippen LogP contribution in [0.3, 0.4) is 0 Å². The third-order valence-electron chi connectivity index (χ3n) is 2.15. The van der Waals surface area contributed by atoms with Gasteiger partial charge in [-0.1, -0.05) is 0 Å². The van der Waals surface area contributed by atoms with Gasteiger partial charge in [0.1, 0.15) is 0 Å². The molecule has 15 heavy (non-hydrogen) atoms. The first kappa shape index (κ1) is 9.72. The Morgan fingerprint density at radius 3 is 1.80 bits per heavy atom. The number of hydrogen-bond donors (Lipinski definition) is 1. The van der Waals surface area contributed by atoms with E-state index in [0.717, 1.165) is 12.1 Å². The van der Waals surface area contributed by atoms with Crippen LogP contribution in [0, 0.1) is 11.6 Å². The zero-order valence-corrected chi connectivity index (χ0v) is 7.67. The van der Waals surface area contributed by atoms with E-state index in [0.29, 0.717) is 5.01 Å². The summed E-state index contributed by atoms with van der Waals surface area (Å²) < 4.78 is 25.7. The number of nitrogens with zero attached hydrogens (tertiary/aromatic N) is 1. The van der Waals surface area contributed by atoms with Crippen molar-refractivity contribution in [1.82, 2.24) is 10.4 Å². The van der Waals surface area contributed by atoms with Crippen molar-refractivity contribution in [1.29, 1.82) is 0 Å². The van der Waals surface area contributed by atoms with Crippen LogP contribution in [0.5, 0.6) is 0 Å². The lowest BCUT2D eigenvalue weighted by Gasteiger charge is -2.09. The van der Waals surface area contributed by atoms with Crippen LogP contribution in [0.15, 0.2) is 12.1 Å². The SMILES string of the molecule is CNN1C(=O)c2cc(F)c(F)cc2C1=O. The van der Waals surface area contributed by atoms with Crippen LogP contribution in [0.4, 0.5) is 8.78 Å². The predicted octanol–water partition coefficient (Wildman–Crippen LogP) is 0.695. The molecule has 0 radical (unpaired) electrons. The molecule has 0 aromatic heterocycles. The molecule has 1 aliphatic rings. The lowest BCUT2D eigenvalue weighted by molar-refractivity contribution is 0.0586. The fourth-order valence-corrected chi connectivity index (χ4v) is 1.44. The van der Waals surface area contributed by atoms with E-state index in [-0.39, 0.29) is 11.1 Å². The monoisotopic (exact) mass is 212 g/mol. The Balaban J connectivity index is 2.63. The van der Waals surface area contributed by atoms with Crippen LogP contribution >= 0.6 is 0 Å². The molecule has 0 saturated heterocycles. The van der Waals surface area contributed by atoms with Crippen LogP contribution < -0.4 is 5.43 Å². The average Bonchev–Trinajstić information content (AvgIpc) is 2.42. The highest BCUT2D eigenvalue weighted by molar-refractivity contribution is 6.20. The van der Waals surface area contributed by atoms with Crippen molar-refractivity contribution in [3.63, 3.8) is 0 Å². The van der Waals surface area contributed by atoms with E-state index in [1.807, 2.05) is 0 Å². The minimum absolute atomic E-state index is 0.131. The number of nitrogens with one attached hydrogen (secondary N) is 1. The molecule has 0 saturated carbocycles. The molecule has 78 valence electrons. The lowest BCUT2D eigenvalue weighted by Crippen LogP contribution is -2.39. The Kier molecular flexibility index (Phi) is 2.01. The number of hydrogen-bond acceptors (Lipinski definition) is 3. The number of amides is 2. The molecule has 1 aromatic rings. The maximum absolute atomic E-state index is 12.8. The van der Waals surface area contributed by atoms with Gasteiger partial charge in [-0.15, -0.1) is 0 Å². The van der Waals surface area contributed by atoms with Gasteiger partial charge in [0.05, 0.1) is 11.1 Å². The summed E-state index contributed by atoms with van der Waals surface area (Å²) in [6.07, 6.45) is 0. The summed E-state index contributed by atoms with van der Waals surface area (Å²) in [7, 11) is 1.37. The molecular formula is C9H6F2N2O2. The molecule has 4 nitrogen and oxygen atoms in total. The van der Waals surface area contributed by atoms with Gasteiger partial charge in [-0.05, 0) is 12.1 Å². The first-order valence-electron chi connectivity index (χ1n) is 4.11. The summed E-state index contributed by atoms with van der Waals surface area (Å²) in [5.41, 5.74) is 2.08. The summed E-state index contributed by atoms with van der Waals surface area (Å²) in [5.74, 6) is -3.66. The molecule has 1 heterocycles. The zero-order chi connectivity index (χ0) is 11.2. The Labute approximate surface area is 83.5 Å². The van der Waals surface area contributed by atoms with Crippen molar-refractivity contribution < 1.29 is 18.4 Å². The smallest absolute Gasteiger partial charge is 0.267 e. The van der Waals surface area contributed by atoms with Gasteiger partial charge in [-0.2, -0.15) is 0 Å². The number of fused-ring (bicyclic) bond motifs is 1. The van der Waals surface area contributed by atoms with Gasteiger partial charge in [0.15, 0.2) is 11.6 Å². The molecule has 0 bridgehead atoms. The average molecular weight is 212 g/mol. The van der Waals surface area contributed by atoms with E-state index in [1.54, 1.807) is 0 Å². The summed E-state index contributed by atoms with van der Waals surface area (Å²) in [6.45, 7) is 0. The second-order valence-electron chi connectivity index (χ2n) is 2.98. The van der Waals surface area contributed by atoms with Crippen molar-refractivity contribution in [2.24, 2.45) is 0 Å². The molecule has 2 amide bonds. The highest BCUT2D eigenvalue weighted by Crippen LogP contribution is 2.23. The first-order valence-corrected chi connectivity index (χ1v) is 4.11. The number of rotatable bonds is 1. The quantitative estimate of drug-likeness (QED) is 0.697. The molecule has 0 spiro atoms. The van der Waals surface area contributed by atoms with E-state index in [1.165, 1.54) is 7.05 Å². The van der Waals surface area contributed by atoms with Crippen molar-refractivity contribution in [3.8, 4) is 0 Å². The van der Waals surface area contributed by atoms with Crippen molar-refractivity contribution in [2.45, 2.75) is 0 Å². The third kappa shape index (κ3) is 1.22. The van der Waals surface area contributed by atoms with Gasteiger partial charge in [0, 0.05) is 7.05 Å². The molecule has 0 fully saturated rings. The second-order valence-corrected chi connectivity index (χ2v) is 2.98. The van der Waals surface area contributed by atoms with E-state index >= 15 is 0 Å². The molecule has 2 rings (SSSR count). The highest BCUT2D eigenvalue weighted by atomic mass is 19.2. The maximum Gasteiger partial charge on any atom is 0.276 e. The van der Waals surface area contributed by atoms with Crippen LogP contribution in [0.25, 0.3) is 0 Å². The van der Waals surface area contributed by atoms with E-state index < -0.39 is 23.4 Å². The molecule has 0 unspecified atom stereocenters. The molecule has 1 aliphatic heterocycles. The lowest BCUT2D eigenvalue weighted by atomic mass is 10.1. The number of carbonyl (C=O) groups is 2. The minimum Gasteiger partial charge on any atom is -0.267 e. The van der Waals surface area contributed by atoms with E-state index in [2.05, 4.69) is 5.43 Å². The second kappa shape index (κ2) is 3.09. The molecule has 6 heteroatoms. The van der Waals surface area contributed by atoms with Crippen LogP contribution in [0.1, 0.15) is 20.7 Å². The van der Waals surface area contributed by atoms with E-state index in [9.17, 15) is 18.4 Å². The zero-order valence-electron chi connectivity index (χ0n) is 7.67. The molecule has 1 aromatic carbocycles. The van der Waals surface area contributed by atoms with Gasteiger partial charge >= 0.3 is 0 Å². The van der Waals surface area contributed by atoms with Gasteiger partial charge in [0.25, 0.3) is 11.8 Å². The number of carbonyl (C=O) groups excluding carboxylic acids is 2. The van der Waals surface area contributed by atoms with Crippen LogP contribution in [-0.4, -0.2) is 23.9 Å². The summed E-state index contributed by atoms with van der Waals surface area (Å²) in [4.78, 5) is 22.9. The number of benzene rings is 1. The molecule has 0 atom stereocenters. The summed E-state index contributed by atoms with van der Waals surface area (Å²) in [6, 6.07) is 1.45. The van der Waals surface area contributed by atoms with Gasteiger partial charge in [-0.25, -0.2) is 19.2 Å². The number of halogens is 2. The maximum atomic E-state index is 12.8. The van der Waals surface area contributed by atoms with Gasteiger partial charge in [0.2, 0.25) is 0 Å². The highest BCUT2D eigenvalue weighted by Gasteiger charge is 2.36. The van der Waals surface area contributed by atoms with Crippen LogP contribution in [-0.2, 0) is 0 Å². The number of imide groups is 1. The topological polar surface area (TPSA) is 49.4 Å². The summed E-state index contributed by atoms with van der Waals surface area (Å²) in [5, 5.41) is 0.698. The van der Waals surface area contributed by atoms with Crippen molar-refractivity contribution in [2.75, 3.05) is 7.05 Å². The van der Waals surface area contributed by atoms with Gasteiger partial charge in [-0.3, -0.25) is 9.59 Å². The Morgan fingerprint density at radius 1 is 1.07 bits per heavy atom. The number of hydrazine groups is 1. The Bertz CT molecular complexity index is 432. The van der Waals surface area contributed by atoms with E-state index in [4.69, 9.17) is 0 Å². The fraction of sp³-hybridized carbons (Fsp3) is 0.111. The molecular weight excluding hydrogens is 206 g/mol. The largest absolute Gasteiger partial charge is 0.276 e. The fourth-order valence-electron chi connectivity index (χ4n) is 1.44.